The maximum atomic E-state index is 13.1. The van der Waals surface area contributed by atoms with Crippen molar-refractivity contribution in [1.29, 1.82) is 0 Å². The minimum absolute atomic E-state index is 0.198. The van der Waals surface area contributed by atoms with Gasteiger partial charge in [-0.1, -0.05) is 36.4 Å². The van der Waals surface area contributed by atoms with Gasteiger partial charge in [0.25, 0.3) is 11.8 Å². The maximum absolute atomic E-state index is 13.1. The standard InChI is InChI=1S/C22H19ClN2O4/c1-4-10-29-19-9-8-16(23)11-15(19)12-17-20(26)24-22(28)25(21(17)27)18-7-5-6-13(2)14(18)3/h4-9,11-12H,1,10H2,2-3H3,(H,24,26,28)/b17-12+. The van der Waals surface area contributed by atoms with E-state index < -0.39 is 17.8 Å². The first-order valence-corrected chi connectivity index (χ1v) is 9.22. The molecule has 0 unspecified atom stereocenters. The molecule has 0 bridgehead atoms. The molecule has 0 aromatic heterocycles. The van der Waals surface area contributed by atoms with Crippen LogP contribution in [0.1, 0.15) is 16.7 Å². The first kappa shape index (κ1) is 20.4. The van der Waals surface area contributed by atoms with Crippen LogP contribution in [0.3, 0.4) is 0 Å². The third kappa shape index (κ3) is 4.07. The Morgan fingerprint density at radius 2 is 1.93 bits per heavy atom. The number of hydrogen-bond donors (Lipinski definition) is 1. The van der Waals surface area contributed by atoms with E-state index in [0.29, 0.717) is 22.0 Å². The van der Waals surface area contributed by atoms with Crippen LogP contribution in [0, 0.1) is 13.8 Å². The number of ether oxygens (including phenoxy) is 1. The zero-order valence-electron chi connectivity index (χ0n) is 16.0. The lowest BCUT2D eigenvalue weighted by molar-refractivity contribution is -0.122. The van der Waals surface area contributed by atoms with Crippen LogP contribution in [0.25, 0.3) is 6.08 Å². The van der Waals surface area contributed by atoms with Crippen LogP contribution in [0.2, 0.25) is 5.02 Å². The van der Waals surface area contributed by atoms with E-state index in [1.54, 1.807) is 36.4 Å². The fraction of sp³-hybridized carbons (Fsp3) is 0.136. The molecule has 4 amide bonds. The number of urea groups is 1. The van der Waals surface area contributed by atoms with Gasteiger partial charge in [-0.15, -0.1) is 0 Å². The van der Waals surface area contributed by atoms with Gasteiger partial charge in [-0.2, -0.15) is 0 Å². The van der Waals surface area contributed by atoms with E-state index in [1.165, 1.54) is 6.08 Å². The van der Waals surface area contributed by atoms with Crippen molar-refractivity contribution in [2.75, 3.05) is 11.5 Å². The van der Waals surface area contributed by atoms with E-state index in [2.05, 4.69) is 11.9 Å². The van der Waals surface area contributed by atoms with Gasteiger partial charge in [0.2, 0.25) is 0 Å². The highest BCUT2D eigenvalue weighted by atomic mass is 35.5. The van der Waals surface area contributed by atoms with Crippen LogP contribution in [0.5, 0.6) is 5.75 Å². The van der Waals surface area contributed by atoms with Gasteiger partial charge in [-0.3, -0.25) is 14.9 Å². The molecule has 0 atom stereocenters. The van der Waals surface area contributed by atoms with Crippen molar-refractivity contribution in [3.8, 4) is 5.75 Å². The Morgan fingerprint density at radius 3 is 2.66 bits per heavy atom. The third-order valence-electron chi connectivity index (χ3n) is 4.55. The van der Waals surface area contributed by atoms with Gasteiger partial charge < -0.3 is 4.74 Å². The molecule has 1 saturated heterocycles. The summed E-state index contributed by atoms with van der Waals surface area (Å²) < 4.78 is 5.58. The van der Waals surface area contributed by atoms with Gasteiger partial charge in [0.1, 0.15) is 17.9 Å². The average molecular weight is 411 g/mol. The Hall–Kier alpha value is -3.38. The number of rotatable bonds is 5. The predicted molar refractivity (Wildman–Crippen MR) is 112 cm³/mol. The number of nitrogens with zero attached hydrogens (tertiary/aromatic N) is 1. The van der Waals surface area contributed by atoms with Gasteiger partial charge in [0.05, 0.1) is 5.69 Å². The lowest BCUT2D eigenvalue weighted by Gasteiger charge is -2.28. The predicted octanol–water partition coefficient (Wildman–Crippen LogP) is 4.19. The Labute approximate surface area is 173 Å². The fourth-order valence-electron chi connectivity index (χ4n) is 2.92. The number of hydrogen-bond acceptors (Lipinski definition) is 4. The summed E-state index contributed by atoms with van der Waals surface area (Å²) in [5.41, 5.74) is 2.34. The lowest BCUT2D eigenvalue weighted by Crippen LogP contribution is -2.54. The summed E-state index contributed by atoms with van der Waals surface area (Å²) in [6, 6.07) is 9.34. The molecule has 0 aliphatic carbocycles. The molecule has 2 aromatic carbocycles. The molecule has 1 aliphatic heterocycles. The summed E-state index contributed by atoms with van der Waals surface area (Å²) in [4.78, 5) is 38.9. The molecular weight excluding hydrogens is 392 g/mol. The van der Waals surface area contributed by atoms with Gasteiger partial charge in [-0.25, -0.2) is 9.69 Å². The Balaban J connectivity index is 2.08. The van der Waals surface area contributed by atoms with Crippen molar-refractivity contribution < 1.29 is 19.1 Å². The van der Waals surface area contributed by atoms with Crippen LogP contribution in [0.15, 0.2) is 54.6 Å². The molecule has 3 rings (SSSR count). The Morgan fingerprint density at radius 1 is 1.17 bits per heavy atom. The lowest BCUT2D eigenvalue weighted by atomic mass is 10.0. The second-order valence-corrected chi connectivity index (χ2v) is 6.90. The Bertz CT molecular complexity index is 1060. The number of halogens is 1. The van der Waals surface area contributed by atoms with Crippen molar-refractivity contribution in [3.05, 3.63) is 76.3 Å². The van der Waals surface area contributed by atoms with Gasteiger partial charge >= 0.3 is 6.03 Å². The minimum atomic E-state index is -0.792. The van der Waals surface area contributed by atoms with Crippen LogP contribution in [-0.2, 0) is 9.59 Å². The van der Waals surface area contributed by atoms with E-state index in [4.69, 9.17) is 16.3 Å². The summed E-state index contributed by atoms with van der Waals surface area (Å²) in [5, 5.41) is 2.63. The van der Waals surface area contributed by atoms with E-state index >= 15 is 0 Å². The SMILES string of the molecule is C=CCOc1ccc(Cl)cc1/C=C1\C(=O)NC(=O)N(c2cccc(C)c2C)C1=O. The number of benzene rings is 2. The van der Waals surface area contributed by atoms with E-state index in [1.807, 2.05) is 19.9 Å². The third-order valence-corrected chi connectivity index (χ3v) is 4.78. The first-order chi connectivity index (χ1) is 13.8. The number of anilines is 1. The highest BCUT2D eigenvalue weighted by Crippen LogP contribution is 2.29. The summed E-state index contributed by atoms with van der Waals surface area (Å²) in [7, 11) is 0. The molecule has 1 aliphatic rings. The largest absolute Gasteiger partial charge is 0.489 e. The monoisotopic (exact) mass is 410 g/mol. The number of carbonyl (C=O) groups is 3. The molecule has 7 heteroatoms. The molecule has 0 saturated carbocycles. The van der Waals surface area contributed by atoms with Crippen LogP contribution in [-0.4, -0.2) is 24.5 Å². The van der Waals surface area contributed by atoms with E-state index in [9.17, 15) is 14.4 Å². The first-order valence-electron chi connectivity index (χ1n) is 8.84. The molecule has 1 heterocycles. The molecule has 29 heavy (non-hydrogen) atoms. The zero-order chi connectivity index (χ0) is 21.1. The number of carbonyl (C=O) groups excluding carboxylic acids is 3. The molecule has 1 N–H and O–H groups in total. The van der Waals surface area contributed by atoms with Crippen LogP contribution in [0.4, 0.5) is 10.5 Å². The minimum Gasteiger partial charge on any atom is -0.489 e. The molecule has 0 radical (unpaired) electrons. The maximum Gasteiger partial charge on any atom is 0.335 e. The van der Waals surface area contributed by atoms with Crippen LogP contribution < -0.4 is 15.0 Å². The molecule has 0 spiro atoms. The summed E-state index contributed by atoms with van der Waals surface area (Å²) in [5.74, 6) is -1.07. The second kappa shape index (κ2) is 8.32. The molecule has 6 nitrogen and oxygen atoms in total. The van der Waals surface area contributed by atoms with Crippen LogP contribution >= 0.6 is 11.6 Å². The number of imide groups is 2. The van der Waals surface area contributed by atoms with Gasteiger partial charge in [0.15, 0.2) is 0 Å². The van der Waals surface area contributed by atoms with Crippen molar-refractivity contribution in [3.63, 3.8) is 0 Å². The van der Waals surface area contributed by atoms with Crippen molar-refractivity contribution in [2.24, 2.45) is 0 Å². The molecule has 2 aromatic rings. The summed E-state index contributed by atoms with van der Waals surface area (Å²) >= 11 is 6.07. The highest BCUT2D eigenvalue weighted by molar-refractivity contribution is 6.39. The fourth-order valence-corrected chi connectivity index (χ4v) is 3.10. The smallest absolute Gasteiger partial charge is 0.335 e. The summed E-state index contributed by atoms with van der Waals surface area (Å²) in [6.45, 7) is 7.53. The summed E-state index contributed by atoms with van der Waals surface area (Å²) in [6.07, 6.45) is 2.94. The highest BCUT2D eigenvalue weighted by Gasteiger charge is 2.37. The quantitative estimate of drug-likeness (QED) is 0.455. The zero-order valence-corrected chi connectivity index (χ0v) is 16.7. The second-order valence-electron chi connectivity index (χ2n) is 6.46. The van der Waals surface area contributed by atoms with Crippen molar-refractivity contribution in [1.82, 2.24) is 5.32 Å². The molecule has 1 fully saturated rings. The topological polar surface area (TPSA) is 75.7 Å². The number of nitrogens with one attached hydrogen (secondary N) is 1. The molecule has 148 valence electrons. The number of barbiturate groups is 1. The van der Waals surface area contributed by atoms with E-state index in [-0.39, 0.29) is 12.2 Å². The normalized spacial score (nSPS) is 15.5. The Kier molecular flexibility index (Phi) is 5.84. The number of aryl methyl sites for hydroxylation is 1. The molecular formula is C22H19ClN2O4. The average Bonchev–Trinajstić information content (AvgIpc) is 2.67. The van der Waals surface area contributed by atoms with Crippen molar-refractivity contribution >= 4 is 41.2 Å². The van der Waals surface area contributed by atoms with Crippen molar-refractivity contribution in [2.45, 2.75) is 13.8 Å². The van der Waals surface area contributed by atoms with Gasteiger partial charge in [-0.05, 0) is 55.3 Å². The van der Waals surface area contributed by atoms with Gasteiger partial charge in [0, 0.05) is 10.6 Å². The number of amides is 4. The van der Waals surface area contributed by atoms with E-state index in [0.717, 1.165) is 16.0 Å².